The number of sulfone groups is 1. The van der Waals surface area contributed by atoms with E-state index in [1.165, 1.54) is 12.1 Å². The number of aliphatic hydroxyl groups is 1. The molecule has 0 aliphatic carbocycles. The lowest BCUT2D eigenvalue weighted by atomic mass is 10.1. The molecule has 4 nitrogen and oxygen atoms in total. The SMILES string of the molecule is C[C@H](O)c1ccc(Oc2ccc(S(C)(=O)=O)cc2)cc1. The number of hydrogen-bond acceptors (Lipinski definition) is 4. The van der Waals surface area contributed by atoms with Crippen LogP contribution in [0.4, 0.5) is 0 Å². The topological polar surface area (TPSA) is 63.6 Å². The van der Waals surface area contributed by atoms with Crippen LogP contribution in [-0.4, -0.2) is 19.8 Å². The van der Waals surface area contributed by atoms with Crippen molar-refractivity contribution in [1.82, 2.24) is 0 Å². The van der Waals surface area contributed by atoms with Crippen LogP contribution in [0.3, 0.4) is 0 Å². The van der Waals surface area contributed by atoms with Crippen molar-refractivity contribution in [3.8, 4) is 11.5 Å². The molecule has 0 aliphatic heterocycles. The van der Waals surface area contributed by atoms with Crippen molar-refractivity contribution in [3.05, 3.63) is 54.1 Å². The zero-order chi connectivity index (χ0) is 14.8. The fourth-order valence-electron chi connectivity index (χ4n) is 1.71. The summed E-state index contributed by atoms with van der Waals surface area (Å²) in [5.41, 5.74) is 0.810. The van der Waals surface area contributed by atoms with Gasteiger partial charge in [0, 0.05) is 6.26 Å². The van der Waals surface area contributed by atoms with Crippen molar-refractivity contribution in [2.24, 2.45) is 0 Å². The molecule has 0 fully saturated rings. The smallest absolute Gasteiger partial charge is 0.175 e. The Kier molecular flexibility index (Phi) is 4.11. The van der Waals surface area contributed by atoms with Crippen LogP contribution in [0.2, 0.25) is 0 Å². The maximum atomic E-state index is 11.3. The molecule has 5 heteroatoms. The van der Waals surface area contributed by atoms with E-state index in [9.17, 15) is 13.5 Å². The molecular formula is C15H16O4S. The average molecular weight is 292 g/mol. The van der Waals surface area contributed by atoms with Gasteiger partial charge >= 0.3 is 0 Å². The Hall–Kier alpha value is -1.85. The first kappa shape index (κ1) is 14.6. The summed E-state index contributed by atoms with van der Waals surface area (Å²) in [6.45, 7) is 1.69. The van der Waals surface area contributed by atoms with Crippen LogP contribution < -0.4 is 4.74 Å². The van der Waals surface area contributed by atoms with E-state index < -0.39 is 15.9 Å². The van der Waals surface area contributed by atoms with Crippen LogP contribution in [0, 0.1) is 0 Å². The fraction of sp³-hybridized carbons (Fsp3) is 0.200. The van der Waals surface area contributed by atoms with Crippen LogP contribution >= 0.6 is 0 Å². The lowest BCUT2D eigenvalue weighted by Gasteiger charge is -2.08. The molecule has 0 aliphatic rings. The van der Waals surface area contributed by atoms with Crippen LogP contribution in [0.15, 0.2) is 53.4 Å². The molecule has 1 N–H and O–H groups in total. The highest BCUT2D eigenvalue weighted by Gasteiger charge is 2.07. The van der Waals surface area contributed by atoms with Gasteiger partial charge in [-0.3, -0.25) is 0 Å². The third-order valence-corrected chi connectivity index (χ3v) is 3.98. The predicted octanol–water partition coefficient (Wildman–Crippen LogP) is 2.94. The summed E-state index contributed by atoms with van der Waals surface area (Å²) < 4.78 is 28.3. The van der Waals surface area contributed by atoms with Crippen molar-refractivity contribution in [1.29, 1.82) is 0 Å². The quantitative estimate of drug-likeness (QED) is 0.941. The van der Waals surface area contributed by atoms with Crippen LogP contribution in [0.1, 0.15) is 18.6 Å². The first-order valence-electron chi connectivity index (χ1n) is 6.12. The molecule has 1 atom stereocenters. The van der Waals surface area contributed by atoms with Gasteiger partial charge in [0.2, 0.25) is 0 Å². The third-order valence-electron chi connectivity index (χ3n) is 2.85. The van der Waals surface area contributed by atoms with Gasteiger partial charge in [0.05, 0.1) is 11.0 Å². The number of benzene rings is 2. The van der Waals surface area contributed by atoms with Gasteiger partial charge in [-0.2, -0.15) is 0 Å². The summed E-state index contributed by atoms with van der Waals surface area (Å²) in [5, 5.41) is 9.41. The monoisotopic (exact) mass is 292 g/mol. The Bertz CT molecular complexity index is 671. The highest BCUT2D eigenvalue weighted by atomic mass is 32.2. The number of rotatable bonds is 4. The molecular weight excluding hydrogens is 276 g/mol. The summed E-state index contributed by atoms with van der Waals surface area (Å²) in [6, 6.07) is 13.3. The standard InChI is InChI=1S/C15H16O4S/c1-11(16)12-3-5-13(6-4-12)19-14-7-9-15(10-8-14)20(2,17)18/h3-11,16H,1-2H3/t11-/m0/s1. The normalized spacial score (nSPS) is 12.9. The Morgan fingerprint density at radius 2 is 1.40 bits per heavy atom. The van der Waals surface area contributed by atoms with E-state index in [0.29, 0.717) is 11.5 Å². The van der Waals surface area contributed by atoms with E-state index in [2.05, 4.69) is 0 Å². The van der Waals surface area contributed by atoms with E-state index in [-0.39, 0.29) is 4.90 Å². The zero-order valence-electron chi connectivity index (χ0n) is 11.3. The first-order valence-corrected chi connectivity index (χ1v) is 8.01. The fourth-order valence-corrected chi connectivity index (χ4v) is 2.34. The molecule has 2 aromatic carbocycles. The summed E-state index contributed by atoms with van der Waals surface area (Å²) >= 11 is 0. The molecule has 0 heterocycles. The second-order valence-corrected chi connectivity index (χ2v) is 6.61. The Balaban J connectivity index is 2.14. The van der Waals surface area contributed by atoms with E-state index in [4.69, 9.17) is 4.74 Å². The molecule has 2 rings (SSSR count). The zero-order valence-corrected chi connectivity index (χ0v) is 12.1. The number of aliphatic hydroxyl groups excluding tert-OH is 1. The molecule has 0 amide bonds. The highest BCUT2D eigenvalue weighted by molar-refractivity contribution is 7.90. The molecule has 2 aromatic rings. The Morgan fingerprint density at radius 1 is 0.950 bits per heavy atom. The number of ether oxygens (including phenoxy) is 1. The maximum absolute atomic E-state index is 11.3. The molecule has 0 unspecified atom stereocenters. The van der Waals surface area contributed by atoms with Crippen molar-refractivity contribution < 1.29 is 18.3 Å². The van der Waals surface area contributed by atoms with Crippen LogP contribution in [-0.2, 0) is 9.84 Å². The summed E-state index contributed by atoms with van der Waals surface area (Å²) in [5.74, 6) is 1.18. The van der Waals surface area contributed by atoms with Crippen molar-refractivity contribution >= 4 is 9.84 Å². The molecule has 106 valence electrons. The lowest BCUT2D eigenvalue weighted by molar-refractivity contribution is 0.199. The van der Waals surface area contributed by atoms with Gasteiger partial charge in [-0.05, 0) is 48.9 Å². The van der Waals surface area contributed by atoms with Gasteiger partial charge in [0.15, 0.2) is 9.84 Å². The van der Waals surface area contributed by atoms with Crippen molar-refractivity contribution in [3.63, 3.8) is 0 Å². The van der Waals surface area contributed by atoms with Crippen LogP contribution in [0.25, 0.3) is 0 Å². The lowest BCUT2D eigenvalue weighted by Crippen LogP contribution is -1.96. The summed E-state index contributed by atoms with van der Waals surface area (Å²) in [4.78, 5) is 0.259. The van der Waals surface area contributed by atoms with Gasteiger partial charge < -0.3 is 9.84 Å². The molecule has 0 bridgehead atoms. The molecule has 0 saturated carbocycles. The first-order chi connectivity index (χ1) is 9.36. The van der Waals surface area contributed by atoms with E-state index >= 15 is 0 Å². The van der Waals surface area contributed by atoms with E-state index in [1.54, 1.807) is 43.3 Å². The molecule has 0 saturated heterocycles. The van der Waals surface area contributed by atoms with E-state index in [1.807, 2.05) is 0 Å². The minimum atomic E-state index is -3.19. The second-order valence-electron chi connectivity index (χ2n) is 4.59. The second kappa shape index (κ2) is 5.64. The highest BCUT2D eigenvalue weighted by Crippen LogP contribution is 2.24. The summed E-state index contributed by atoms with van der Waals surface area (Å²) in [6.07, 6.45) is 0.649. The molecule has 0 spiro atoms. The van der Waals surface area contributed by atoms with Gasteiger partial charge in [-0.1, -0.05) is 12.1 Å². The van der Waals surface area contributed by atoms with Gasteiger partial charge in [-0.25, -0.2) is 8.42 Å². The van der Waals surface area contributed by atoms with Crippen LogP contribution in [0.5, 0.6) is 11.5 Å². The van der Waals surface area contributed by atoms with Crippen molar-refractivity contribution in [2.75, 3.05) is 6.26 Å². The summed E-state index contributed by atoms with van der Waals surface area (Å²) in [7, 11) is -3.19. The van der Waals surface area contributed by atoms with Gasteiger partial charge in [-0.15, -0.1) is 0 Å². The van der Waals surface area contributed by atoms with Crippen molar-refractivity contribution in [2.45, 2.75) is 17.9 Å². The predicted molar refractivity (Wildman–Crippen MR) is 76.7 cm³/mol. The minimum Gasteiger partial charge on any atom is -0.457 e. The average Bonchev–Trinajstić information content (AvgIpc) is 2.39. The van der Waals surface area contributed by atoms with Gasteiger partial charge in [0.25, 0.3) is 0 Å². The largest absolute Gasteiger partial charge is 0.457 e. The van der Waals surface area contributed by atoms with E-state index in [0.717, 1.165) is 11.8 Å². The Morgan fingerprint density at radius 3 is 1.80 bits per heavy atom. The maximum Gasteiger partial charge on any atom is 0.175 e. The molecule has 0 aromatic heterocycles. The van der Waals surface area contributed by atoms with Gasteiger partial charge in [0.1, 0.15) is 11.5 Å². The third kappa shape index (κ3) is 3.59. The molecule has 0 radical (unpaired) electrons. The number of hydrogen-bond donors (Lipinski definition) is 1. The molecule has 20 heavy (non-hydrogen) atoms. The minimum absolute atomic E-state index is 0.259. The Labute approximate surface area is 118 Å².